The van der Waals surface area contributed by atoms with E-state index in [-0.39, 0.29) is 34.2 Å². The molecule has 0 bridgehead atoms. The van der Waals surface area contributed by atoms with Gasteiger partial charge in [0, 0.05) is 33.2 Å². The second kappa shape index (κ2) is 8.34. The molecule has 0 unspecified atom stereocenters. The number of esters is 1. The molecule has 1 aliphatic heterocycles. The van der Waals surface area contributed by atoms with Gasteiger partial charge in [-0.25, -0.2) is 9.78 Å². The SMILES string of the molecule is Cc1oc2ncn(C)c(=O)c2c1C(=O)OCC(=O)N1CCN(C(=O)c2cccs2)CC1. The zero-order chi connectivity index (χ0) is 22.1. The molecule has 4 rings (SSSR count). The third-order valence-electron chi connectivity index (χ3n) is 5.13. The largest absolute Gasteiger partial charge is 0.452 e. The van der Waals surface area contributed by atoms with Crippen LogP contribution in [0.15, 0.2) is 33.1 Å². The zero-order valence-corrected chi connectivity index (χ0v) is 17.8. The Labute approximate surface area is 180 Å². The lowest BCUT2D eigenvalue weighted by Crippen LogP contribution is -2.51. The maximum atomic E-state index is 12.6. The summed E-state index contributed by atoms with van der Waals surface area (Å²) in [6.45, 7) is 2.58. The number of piperazine rings is 1. The van der Waals surface area contributed by atoms with Crippen molar-refractivity contribution in [2.24, 2.45) is 7.05 Å². The van der Waals surface area contributed by atoms with Crippen molar-refractivity contribution in [3.8, 4) is 0 Å². The highest BCUT2D eigenvalue weighted by Crippen LogP contribution is 2.21. The third kappa shape index (κ3) is 3.96. The lowest BCUT2D eigenvalue weighted by molar-refractivity contribution is -0.136. The molecule has 3 aromatic rings. The molecule has 1 fully saturated rings. The molecule has 0 saturated carbocycles. The molecule has 11 heteroatoms. The number of thiophene rings is 1. The van der Waals surface area contributed by atoms with Crippen LogP contribution in [0.25, 0.3) is 11.1 Å². The van der Waals surface area contributed by atoms with Crippen LogP contribution >= 0.6 is 11.3 Å². The van der Waals surface area contributed by atoms with Crippen LogP contribution < -0.4 is 5.56 Å². The van der Waals surface area contributed by atoms with Gasteiger partial charge >= 0.3 is 5.97 Å². The Bertz CT molecular complexity index is 1200. The van der Waals surface area contributed by atoms with Gasteiger partial charge in [0.1, 0.15) is 23.0 Å². The van der Waals surface area contributed by atoms with Crippen molar-refractivity contribution >= 4 is 40.2 Å². The van der Waals surface area contributed by atoms with E-state index in [1.165, 1.54) is 36.2 Å². The van der Waals surface area contributed by atoms with Crippen LogP contribution in [0.4, 0.5) is 0 Å². The quantitative estimate of drug-likeness (QED) is 0.552. The first-order valence-corrected chi connectivity index (χ1v) is 10.5. The van der Waals surface area contributed by atoms with Crippen molar-refractivity contribution in [1.82, 2.24) is 19.4 Å². The predicted molar refractivity (Wildman–Crippen MR) is 111 cm³/mol. The molecule has 1 saturated heterocycles. The van der Waals surface area contributed by atoms with Gasteiger partial charge in [-0.1, -0.05) is 6.07 Å². The fraction of sp³-hybridized carbons (Fsp3) is 0.350. The number of carbonyl (C=O) groups is 3. The van der Waals surface area contributed by atoms with Crippen molar-refractivity contribution < 1.29 is 23.5 Å². The molecule has 0 spiro atoms. The first-order valence-electron chi connectivity index (χ1n) is 9.59. The van der Waals surface area contributed by atoms with Gasteiger partial charge in [-0.15, -0.1) is 11.3 Å². The summed E-state index contributed by atoms with van der Waals surface area (Å²) in [5.41, 5.74) is -0.417. The van der Waals surface area contributed by atoms with E-state index in [9.17, 15) is 19.2 Å². The minimum absolute atomic E-state index is 0.0251. The van der Waals surface area contributed by atoms with E-state index in [2.05, 4.69) is 4.98 Å². The minimum atomic E-state index is -0.818. The molecule has 0 atom stereocenters. The molecule has 3 aromatic heterocycles. The summed E-state index contributed by atoms with van der Waals surface area (Å²) in [6.07, 6.45) is 1.30. The first-order chi connectivity index (χ1) is 14.9. The van der Waals surface area contributed by atoms with E-state index in [1.807, 2.05) is 11.4 Å². The fourth-order valence-corrected chi connectivity index (χ4v) is 4.13. The average molecular weight is 444 g/mol. The van der Waals surface area contributed by atoms with Crippen LogP contribution in [0.3, 0.4) is 0 Å². The molecule has 10 nitrogen and oxygen atoms in total. The minimum Gasteiger partial charge on any atom is -0.452 e. The van der Waals surface area contributed by atoms with Gasteiger partial charge in [-0.05, 0) is 18.4 Å². The molecule has 0 aliphatic carbocycles. The number of aromatic nitrogens is 2. The number of nitrogens with zero attached hydrogens (tertiary/aromatic N) is 4. The van der Waals surface area contributed by atoms with Gasteiger partial charge in [-0.3, -0.25) is 14.4 Å². The monoisotopic (exact) mass is 444 g/mol. The molecular formula is C20H20N4O6S. The van der Waals surface area contributed by atoms with Crippen molar-refractivity contribution in [1.29, 1.82) is 0 Å². The standard InChI is InChI=1S/C20H20N4O6S/c1-12-15(16-17(30-12)21-11-22(2)19(16)27)20(28)29-10-14(25)23-5-7-24(8-6-23)18(26)13-4-3-9-31-13/h3-4,9,11H,5-8,10H2,1-2H3. The highest BCUT2D eigenvalue weighted by molar-refractivity contribution is 7.12. The van der Waals surface area contributed by atoms with Gasteiger partial charge in [0.05, 0.1) is 4.88 Å². The van der Waals surface area contributed by atoms with Crippen molar-refractivity contribution in [3.05, 3.63) is 50.4 Å². The van der Waals surface area contributed by atoms with Crippen molar-refractivity contribution in [3.63, 3.8) is 0 Å². The zero-order valence-electron chi connectivity index (χ0n) is 17.0. The summed E-state index contributed by atoms with van der Waals surface area (Å²) in [6, 6.07) is 3.59. The van der Waals surface area contributed by atoms with E-state index in [4.69, 9.17) is 9.15 Å². The van der Waals surface area contributed by atoms with E-state index in [0.29, 0.717) is 31.1 Å². The second-order valence-corrected chi connectivity index (χ2v) is 8.05. The van der Waals surface area contributed by atoms with Crippen LogP contribution in [0.2, 0.25) is 0 Å². The molecule has 0 aromatic carbocycles. The number of amides is 2. The van der Waals surface area contributed by atoms with Gasteiger partial charge < -0.3 is 23.5 Å². The maximum absolute atomic E-state index is 12.6. The maximum Gasteiger partial charge on any atom is 0.343 e. The van der Waals surface area contributed by atoms with E-state index in [0.717, 1.165) is 0 Å². The smallest absolute Gasteiger partial charge is 0.343 e. The molecule has 0 radical (unpaired) electrons. The first kappa shape index (κ1) is 20.8. The van der Waals surface area contributed by atoms with Crippen LogP contribution in [-0.2, 0) is 16.6 Å². The Morgan fingerprint density at radius 1 is 1.19 bits per heavy atom. The number of furan rings is 1. The number of carbonyl (C=O) groups excluding carboxylic acids is 3. The number of aryl methyl sites for hydroxylation is 2. The lowest BCUT2D eigenvalue weighted by atomic mass is 10.2. The summed E-state index contributed by atoms with van der Waals surface area (Å²) >= 11 is 1.38. The summed E-state index contributed by atoms with van der Waals surface area (Å²) in [5, 5.41) is 1.87. The molecule has 31 heavy (non-hydrogen) atoms. The Morgan fingerprint density at radius 3 is 2.58 bits per heavy atom. The summed E-state index contributed by atoms with van der Waals surface area (Å²) in [4.78, 5) is 57.8. The molecular weight excluding hydrogens is 424 g/mol. The van der Waals surface area contributed by atoms with Crippen molar-refractivity contribution in [2.45, 2.75) is 6.92 Å². The average Bonchev–Trinajstić information content (AvgIpc) is 3.42. The number of ether oxygens (including phenoxy) is 1. The topological polar surface area (TPSA) is 115 Å². The van der Waals surface area contributed by atoms with Gasteiger partial charge in [-0.2, -0.15) is 0 Å². The summed E-state index contributed by atoms with van der Waals surface area (Å²) in [7, 11) is 1.51. The number of hydrogen-bond acceptors (Lipinski definition) is 8. The lowest BCUT2D eigenvalue weighted by Gasteiger charge is -2.34. The summed E-state index contributed by atoms with van der Waals surface area (Å²) < 4.78 is 11.8. The van der Waals surface area contributed by atoms with E-state index < -0.39 is 18.1 Å². The molecule has 2 amide bonds. The Morgan fingerprint density at radius 2 is 1.90 bits per heavy atom. The molecule has 0 N–H and O–H groups in total. The third-order valence-corrected chi connectivity index (χ3v) is 5.99. The van der Waals surface area contributed by atoms with E-state index >= 15 is 0 Å². The molecule has 1 aliphatic rings. The normalized spacial score (nSPS) is 14.1. The molecule has 162 valence electrons. The highest BCUT2D eigenvalue weighted by atomic mass is 32.1. The van der Waals surface area contributed by atoms with Crippen LogP contribution in [0.1, 0.15) is 25.8 Å². The number of fused-ring (bicyclic) bond motifs is 1. The van der Waals surface area contributed by atoms with Gasteiger partial charge in [0.25, 0.3) is 17.4 Å². The summed E-state index contributed by atoms with van der Waals surface area (Å²) in [5.74, 6) is -1.04. The molecule has 4 heterocycles. The van der Waals surface area contributed by atoms with E-state index in [1.54, 1.807) is 15.9 Å². The Balaban J connectivity index is 1.37. The van der Waals surface area contributed by atoms with Crippen LogP contribution in [0, 0.1) is 6.92 Å². The van der Waals surface area contributed by atoms with Gasteiger partial charge in [0.15, 0.2) is 6.61 Å². The fourth-order valence-electron chi connectivity index (χ4n) is 3.44. The number of rotatable bonds is 4. The number of hydrogen-bond donors (Lipinski definition) is 0. The highest BCUT2D eigenvalue weighted by Gasteiger charge is 2.28. The Kier molecular flexibility index (Phi) is 5.59. The predicted octanol–water partition coefficient (Wildman–Crippen LogP) is 1.04. The second-order valence-electron chi connectivity index (χ2n) is 7.10. The van der Waals surface area contributed by atoms with Gasteiger partial charge in [0.2, 0.25) is 5.71 Å². The van der Waals surface area contributed by atoms with Crippen molar-refractivity contribution in [2.75, 3.05) is 32.8 Å². The van der Waals surface area contributed by atoms with Crippen LogP contribution in [0.5, 0.6) is 0 Å². The Hall–Kier alpha value is -3.47. The van der Waals surface area contributed by atoms with Crippen LogP contribution in [-0.4, -0.2) is 69.9 Å².